The van der Waals surface area contributed by atoms with Crippen molar-refractivity contribution in [3.05, 3.63) is 24.3 Å². The molecule has 0 heterocycles. The molecule has 1 atom stereocenters. The summed E-state index contributed by atoms with van der Waals surface area (Å²) < 4.78 is 5.49. The van der Waals surface area contributed by atoms with Gasteiger partial charge in [0.05, 0.1) is 12.4 Å². The van der Waals surface area contributed by atoms with Crippen LogP contribution in [0.2, 0.25) is 0 Å². The zero-order valence-electron chi connectivity index (χ0n) is 9.66. The number of rotatable bonds is 2. The van der Waals surface area contributed by atoms with Gasteiger partial charge in [-0.2, -0.15) is 0 Å². The zero-order valence-corrected chi connectivity index (χ0v) is 10.6. The summed E-state index contributed by atoms with van der Waals surface area (Å²) in [6.45, 7) is 9.62. The monoisotopic (exact) mass is 224 g/mol. The van der Waals surface area contributed by atoms with E-state index in [1.807, 2.05) is 0 Å². The second kappa shape index (κ2) is 4.18. The Bertz CT molecular complexity index is 342. The van der Waals surface area contributed by atoms with Crippen molar-refractivity contribution in [2.24, 2.45) is 0 Å². The van der Waals surface area contributed by atoms with Crippen LogP contribution in [0.5, 0.6) is 5.75 Å². The molecule has 0 saturated carbocycles. The summed E-state index contributed by atoms with van der Waals surface area (Å²) in [5.41, 5.74) is 0. The quantitative estimate of drug-likeness (QED) is 0.551. The fourth-order valence-electron chi connectivity index (χ4n) is 1.27. The maximum atomic E-state index is 5.49. The average Bonchev–Trinajstić information content (AvgIpc) is 2.16. The number of ether oxygens (including phenoxy) is 1. The predicted octanol–water partition coefficient (Wildman–Crippen LogP) is 2.05. The summed E-state index contributed by atoms with van der Waals surface area (Å²) in [5, 5.41) is 1.93. The Labute approximate surface area is 94.9 Å². The van der Waals surface area contributed by atoms with E-state index < -0.39 is 7.14 Å². The molecule has 1 nitrogen and oxygen atoms in total. The first kappa shape index (κ1) is 12.6. The molecule has 1 unspecified atom stereocenters. The van der Waals surface area contributed by atoms with Gasteiger partial charge in [0.15, 0.2) is 5.75 Å². The molecule has 3 heteroatoms. The second-order valence-electron chi connectivity index (χ2n) is 4.40. The molecule has 0 aliphatic rings. The van der Waals surface area contributed by atoms with Gasteiger partial charge in [-0.25, -0.2) is 0 Å². The van der Waals surface area contributed by atoms with Crippen LogP contribution in [0.15, 0.2) is 24.3 Å². The number of para-hydroxylation sites is 1. The van der Waals surface area contributed by atoms with Crippen LogP contribution in [0, 0.1) is 0 Å². The summed E-state index contributed by atoms with van der Waals surface area (Å²) in [5.74, 6) is 1.10. The van der Waals surface area contributed by atoms with Gasteiger partial charge in [-0.05, 0) is 32.9 Å². The topological polar surface area (TPSA) is 9.23 Å². The highest BCUT2D eigenvalue weighted by molar-refractivity contribution is 8.03. The SMILES string of the molecule is [BH3-][P+](C)(c1ccccc1OC)C(C)(C)C. The zero-order chi connectivity index (χ0) is 11.7. The lowest BCUT2D eigenvalue weighted by atomic mass is 10.2. The molecule has 0 bridgehead atoms. The van der Waals surface area contributed by atoms with Crippen molar-refractivity contribution in [1.82, 2.24) is 0 Å². The Morgan fingerprint density at radius 3 is 2.20 bits per heavy atom. The Balaban J connectivity index is 3.26. The fraction of sp³-hybridized carbons (Fsp3) is 0.500. The molecule has 1 aromatic rings. The minimum atomic E-state index is -0.908. The average molecular weight is 224 g/mol. The fourth-order valence-corrected chi connectivity index (χ4v) is 2.80. The van der Waals surface area contributed by atoms with Gasteiger partial charge >= 0.3 is 0 Å². The van der Waals surface area contributed by atoms with E-state index in [2.05, 4.69) is 51.7 Å². The second-order valence-corrected chi connectivity index (χ2v) is 7.34. The van der Waals surface area contributed by atoms with Crippen molar-refractivity contribution in [3.8, 4) is 5.75 Å². The molecule has 15 heavy (non-hydrogen) atoms. The van der Waals surface area contributed by atoms with Crippen LogP contribution in [0.1, 0.15) is 20.8 Å². The van der Waals surface area contributed by atoms with Crippen LogP contribution < -0.4 is 10.0 Å². The third kappa shape index (κ3) is 2.37. The maximum Gasteiger partial charge on any atom is 0.156 e. The molecule has 0 aliphatic heterocycles. The summed E-state index contributed by atoms with van der Waals surface area (Å²) in [7, 11) is 1.18. The van der Waals surface area contributed by atoms with Crippen LogP contribution in [0.4, 0.5) is 0 Å². The van der Waals surface area contributed by atoms with E-state index in [9.17, 15) is 0 Å². The van der Waals surface area contributed by atoms with E-state index in [4.69, 9.17) is 4.74 Å². The van der Waals surface area contributed by atoms with Crippen molar-refractivity contribution in [2.45, 2.75) is 25.9 Å². The molecule has 1 rings (SSSR count). The van der Waals surface area contributed by atoms with Gasteiger partial charge in [-0.1, -0.05) is 12.1 Å². The standard InChI is InChI=1S/C12H22BOP/c1-12(2,3)15(5,13)11-9-7-6-8-10(11)14-4/h6-9H,1-5,13H3. The van der Waals surface area contributed by atoms with Gasteiger partial charge in [0, 0.05) is 11.8 Å². The summed E-state index contributed by atoms with van der Waals surface area (Å²) >= 11 is 0. The number of benzene rings is 1. The Kier molecular flexibility index (Phi) is 3.50. The molecule has 0 amide bonds. The van der Waals surface area contributed by atoms with Crippen LogP contribution >= 0.6 is 7.14 Å². The molecular formula is C12H22BOP. The lowest BCUT2D eigenvalue weighted by Gasteiger charge is -2.39. The Morgan fingerprint density at radius 2 is 1.73 bits per heavy atom. The third-order valence-electron chi connectivity index (χ3n) is 2.45. The molecule has 0 N–H and O–H groups in total. The first-order valence-corrected chi connectivity index (χ1v) is 6.62. The van der Waals surface area contributed by atoms with Gasteiger partial charge in [0.2, 0.25) is 0 Å². The largest absolute Gasteiger partial charge is 0.493 e. The Hall–Kier alpha value is -0.485. The van der Waals surface area contributed by atoms with Crippen LogP contribution in [0.3, 0.4) is 0 Å². The smallest absolute Gasteiger partial charge is 0.156 e. The van der Waals surface area contributed by atoms with Gasteiger partial charge in [0.1, 0.15) is 7.57 Å². The molecule has 0 aromatic heterocycles. The van der Waals surface area contributed by atoms with E-state index >= 15 is 0 Å². The number of hydrogen-bond acceptors (Lipinski definition) is 1. The maximum absolute atomic E-state index is 5.49. The molecule has 1 aromatic carbocycles. The lowest BCUT2D eigenvalue weighted by molar-refractivity contribution is 0.418. The summed E-state index contributed by atoms with van der Waals surface area (Å²) in [6, 6.07) is 8.57. The highest BCUT2D eigenvalue weighted by Gasteiger charge is 2.37. The molecule has 0 radical (unpaired) electrons. The highest BCUT2D eigenvalue weighted by atomic mass is 31.2. The number of hydrogen-bond donors (Lipinski definition) is 0. The van der Waals surface area contributed by atoms with Crippen molar-refractivity contribution in [1.29, 1.82) is 0 Å². The Morgan fingerprint density at radius 1 is 1.20 bits per heavy atom. The van der Waals surface area contributed by atoms with Crippen molar-refractivity contribution in [3.63, 3.8) is 0 Å². The summed E-state index contributed by atoms with van der Waals surface area (Å²) in [4.78, 5) is 0. The van der Waals surface area contributed by atoms with Gasteiger partial charge in [-0.15, -0.1) is 7.14 Å². The predicted molar refractivity (Wildman–Crippen MR) is 75.2 cm³/mol. The molecule has 0 fully saturated rings. The molecule has 84 valence electrons. The number of methoxy groups -OCH3 is 1. The minimum Gasteiger partial charge on any atom is -0.493 e. The van der Waals surface area contributed by atoms with E-state index in [-0.39, 0.29) is 0 Å². The van der Waals surface area contributed by atoms with Crippen LogP contribution in [0.25, 0.3) is 0 Å². The first-order chi connectivity index (χ1) is 6.80. The van der Waals surface area contributed by atoms with E-state index in [0.717, 1.165) is 5.75 Å². The van der Waals surface area contributed by atoms with Crippen molar-refractivity contribution in [2.75, 3.05) is 13.8 Å². The van der Waals surface area contributed by atoms with Crippen molar-refractivity contribution < 1.29 is 4.74 Å². The van der Waals surface area contributed by atoms with E-state index in [1.54, 1.807) is 7.11 Å². The lowest BCUT2D eigenvalue weighted by Crippen LogP contribution is -2.28. The van der Waals surface area contributed by atoms with Crippen LogP contribution in [-0.2, 0) is 0 Å². The van der Waals surface area contributed by atoms with Gasteiger partial charge in [0.25, 0.3) is 0 Å². The normalized spacial score (nSPS) is 15.9. The van der Waals surface area contributed by atoms with Gasteiger partial charge in [-0.3, -0.25) is 0 Å². The van der Waals surface area contributed by atoms with Crippen molar-refractivity contribution >= 4 is 20.0 Å². The highest BCUT2D eigenvalue weighted by Crippen LogP contribution is 2.61. The third-order valence-corrected chi connectivity index (χ3v) is 5.56. The van der Waals surface area contributed by atoms with Crippen LogP contribution in [-0.4, -0.2) is 26.5 Å². The first-order valence-electron chi connectivity index (χ1n) is 4.83. The molecule has 0 spiro atoms. The van der Waals surface area contributed by atoms with E-state index in [1.165, 1.54) is 5.30 Å². The minimum absolute atomic E-state index is 0.308. The van der Waals surface area contributed by atoms with Gasteiger partial charge < -0.3 is 4.74 Å². The molecular weight excluding hydrogens is 202 g/mol. The molecule has 0 aliphatic carbocycles. The molecule has 0 saturated heterocycles. The summed E-state index contributed by atoms with van der Waals surface area (Å²) in [6.07, 6.45) is 0. The van der Waals surface area contributed by atoms with E-state index in [0.29, 0.717) is 12.7 Å².